The Balaban J connectivity index is -0.0000000800. The summed E-state index contributed by atoms with van der Waals surface area (Å²) in [6.45, 7) is 0. The zero-order valence-electron chi connectivity index (χ0n) is 2.70. The van der Waals surface area contributed by atoms with Crippen LogP contribution in [-0.4, -0.2) is 53.8 Å². The van der Waals surface area contributed by atoms with Crippen molar-refractivity contribution in [1.29, 1.82) is 0 Å². The van der Waals surface area contributed by atoms with E-state index in [1.165, 1.54) is 0 Å². The summed E-state index contributed by atoms with van der Waals surface area (Å²) in [5.41, 5.74) is 0. The Bertz CT molecular complexity index is 94.9. The fourth-order valence-electron chi connectivity index (χ4n) is 0. The zero-order chi connectivity index (χ0) is 4.50. The van der Waals surface area contributed by atoms with Gasteiger partial charge in [0.1, 0.15) is 0 Å². The molecule has 0 amide bonds. The molecule has 2 N–H and O–H groups in total. The summed E-state index contributed by atoms with van der Waals surface area (Å²) >= 11 is -5.25. The molecule has 0 aliphatic rings. The van der Waals surface area contributed by atoms with Crippen LogP contribution in [0.15, 0.2) is 0 Å². The summed E-state index contributed by atoms with van der Waals surface area (Å²) in [7, 11) is 0. The van der Waals surface area contributed by atoms with Crippen molar-refractivity contribution in [3.63, 3.8) is 0 Å². The minimum atomic E-state index is -5.25. The standard InChI is InChI=1S/Cr.La.2H2O.2O.Sr.2H/h;;2*1H2;;;;;/q+2;;;;;;;;/p-2. The molecule has 0 fully saturated rings. The van der Waals surface area contributed by atoms with Crippen molar-refractivity contribution in [2.24, 2.45) is 0 Å². The fraction of sp³-hybridized carbons (Fsp3) is 0. The van der Waals surface area contributed by atoms with Gasteiger partial charge in [-0.2, -0.15) is 0 Å². The van der Waals surface area contributed by atoms with E-state index >= 15 is 0 Å². The second-order valence-electron chi connectivity index (χ2n) is 0.448. The Labute approximate surface area is 108 Å². The fourth-order valence-corrected chi connectivity index (χ4v) is 0. The quantitative estimate of drug-likeness (QED) is 0.485. The van der Waals surface area contributed by atoms with Crippen molar-refractivity contribution in [3.8, 4) is 0 Å². The average molecular weight is 347 g/mol. The molecule has 4 nitrogen and oxygen atoms in total. The molecule has 0 saturated heterocycles. The zero-order valence-corrected chi connectivity index (χ0v) is 7.60. The second kappa shape index (κ2) is 6.84. The maximum absolute atomic E-state index is 8.82. The van der Waals surface area contributed by atoms with Crippen molar-refractivity contribution < 1.29 is 65.1 Å². The van der Waals surface area contributed by atoms with Gasteiger partial charge in [-0.3, -0.25) is 0 Å². The molecule has 0 aliphatic heterocycles. The Morgan fingerprint density at radius 3 is 1.14 bits per heavy atom. The maximum atomic E-state index is 8.82. The van der Waals surface area contributed by atoms with Gasteiger partial charge >= 0.3 is 75.0 Å². The predicted molar refractivity (Wildman–Crippen MR) is 14.4 cm³/mol. The van der Waals surface area contributed by atoms with Crippen LogP contribution in [0.5, 0.6) is 0 Å². The topological polar surface area (TPSA) is 74.6 Å². The summed E-state index contributed by atoms with van der Waals surface area (Å²) in [6, 6.07) is 0. The van der Waals surface area contributed by atoms with Gasteiger partial charge in [0.15, 0.2) is 0 Å². The van der Waals surface area contributed by atoms with Crippen molar-refractivity contribution in [3.05, 3.63) is 0 Å². The Hall–Kier alpha value is 2.73. The van der Waals surface area contributed by atoms with E-state index in [1.54, 1.807) is 0 Å². The van der Waals surface area contributed by atoms with Gasteiger partial charge in [0.2, 0.25) is 0 Å². The van der Waals surface area contributed by atoms with Gasteiger partial charge in [0, 0.05) is 35.6 Å². The van der Waals surface area contributed by atoms with Crippen LogP contribution in [0.2, 0.25) is 0 Å². The van der Waals surface area contributed by atoms with E-state index in [1.807, 2.05) is 0 Å². The SMILES string of the molecule is [La].[O]=[Cr](=[O])([OH])[OH].[SrH2]. The van der Waals surface area contributed by atoms with Crippen LogP contribution < -0.4 is 0 Å². The molecular weight excluding hydrogens is 343 g/mol. The van der Waals surface area contributed by atoms with E-state index in [4.69, 9.17) is 15.9 Å². The second-order valence-corrected chi connectivity index (χ2v) is 1.85. The summed E-state index contributed by atoms with van der Waals surface area (Å²) in [5, 5.41) is 0. The average Bonchev–Trinajstić information content (AvgIpc) is 0.722. The molecule has 0 rings (SSSR count). The van der Waals surface area contributed by atoms with Gasteiger partial charge < -0.3 is 0 Å². The van der Waals surface area contributed by atoms with Gasteiger partial charge in [-0.1, -0.05) is 0 Å². The molecule has 0 bridgehead atoms. The van der Waals surface area contributed by atoms with Crippen molar-refractivity contribution in [1.82, 2.24) is 0 Å². The first-order chi connectivity index (χ1) is 2.00. The third kappa shape index (κ3) is 53.1. The molecule has 1 radical (unpaired) electrons. The van der Waals surface area contributed by atoms with Crippen LogP contribution in [0.25, 0.3) is 0 Å². The van der Waals surface area contributed by atoms with Crippen LogP contribution in [0.1, 0.15) is 0 Å². The first-order valence-electron chi connectivity index (χ1n) is 0.698. The first-order valence-corrected chi connectivity index (χ1v) is 2.88. The van der Waals surface area contributed by atoms with E-state index in [2.05, 4.69) is 0 Å². The van der Waals surface area contributed by atoms with Gasteiger partial charge in [-0.25, -0.2) is 0 Å². The molecule has 0 aromatic heterocycles. The Morgan fingerprint density at radius 1 is 1.14 bits per heavy atom. The molecule has 0 heterocycles. The summed E-state index contributed by atoms with van der Waals surface area (Å²) in [4.78, 5) is 0. The third-order valence-electron chi connectivity index (χ3n) is 0. The van der Waals surface area contributed by atoms with E-state index in [0.717, 1.165) is 0 Å². The van der Waals surface area contributed by atoms with Gasteiger partial charge in [0.25, 0.3) is 0 Å². The predicted octanol–water partition coefficient (Wildman–Crippen LogP) is -2.27. The number of hydrogen-bond donors (Lipinski definition) is 2. The van der Waals surface area contributed by atoms with E-state index in [0.29, 0.717) is 0 Å². The van der Waals surface area contributed by atoms with Crippen LogP contribution in [-0.2, 0) is 21.2 Å². The van der Waals surface area contributed by atoms with Crippen molar-refractivity contribution in [2.45, 2.75) is 0 Å². The van der Waals surface area contributed by atoms with Crippen LogP contribution >= 0.6 is 0 Å². The summed E-state index contributed by atoms with van der Waals surface area (Å²) in [5.74, 6) is 0. The molecule has 0 atom stereocenters. The summed E-state index contributed by atoms with van der Waals surface area (Å²) < 4.78 is 31.9. The van der Waals surface area contributed by atoms with Crippen LogP contribution in [0.3, 0.4) is 0 Å². The molecule has 0 aromatic rings. The van der Waals surface area contributed by atoms with E-state index in [-0.39, 0.29) is 81.1 Å². The minimum absolute atomic E-state index is 0. The Kier molecular flexibility index (Phi) is 16.0. The first kappa shape index (κ1) is 16.4. The van der Waals surface area contributed by atoms with E-state index < -0.39 is 13.6 Å². The van der Waals surface area contributed by atoms with Crippen molar-refractivity contribution in [2.75, 3.05) is 0 Å². The molecule has 39 valence electrons. The molecule has 0 spiro atoms. The molecule has 0 unspecified atom stereocenters. The third-order valence-corrected chi connectivity index (χ3v) is 0. The molecule has 0 saturated carbocycles. The monoisotopic (exact) mass is 347 g/mol. The Morgan fingerprint density at radius 2 is 1.14 bits per heavy atom. The summed E-state index contributed by atoms with van der Waals surface area (Å²) in [6.07, 6.45) is 0. The van der Waals surface area contributed by atoms with Gasteiger partial charge in [-0.15, -0.1) is 0 Å². The van der Waals surface area contributed by atoms with Gasteiger partial charge in [-0.05, 0) is 0 Å². The number of rotatable bonds is 0. The van der Waals surface area contributed by atoms with Gasteiger partial charge in [0.05, 0.1) is 0 Å². The van der Waals surface area contributed by atoms with E-state index in [9.17, 15) is 0 Å². The number of hydrogen-bond acceptors (Lipinski definition) is 2. The molecule has 7 heavy (non-hydrogen) atoms. The van der Waals surface area contributed by atoms with Crippen LogP contribution in [0, 0.1) is 35.6 Å². The molecular formula is H4CrLaO4Sr. The van der Waals surface area contributed by atoms with Crippen LogP contribution in [0.4, 0.5) is 0 Å². The normalized spacial score (nSPS) is 8.29. The molecule has 7 heteroatoms. The molecule has 0 aliphatic carbocycles. The van der Waals surface area contributed by atoms with Crippen molar-refractivity contribution >= 4 is 45.5 Å². The molecule has 0 aromatic carbocycles.